The van der Waals surface area contributed by atoms with E-state index in [1.54, 1.807) is 0 Å². The molecule has 0 amide bonds. The van der Waals surface area contributed by atoms with Gasteiger partial charge in [-0.1, -0.05) is 36.4 Å². The van der Waals surface area contributed by atoms with Crippen molar-refractivity contribution in [1.82, 2.24) is 5.43 Å². The number of carbonyl (C=O) groups is 1. The molecule has 0 aliphatic rings. The van der Waals surface area contributed by atoms with Gasteiger partial charge in [0.05, 0.1) is 18.2 Å². The molecule has 0 aromatic heterocycles. The van der Waals surface area contributed by atoms with E-state index in [1.165, 1.54) is 6.92 Å². The number of benzene rings is 1. The first-order valence-electron chi connectivity index (χ1n) is 5.32. The zero-order valence-electron chi connectivity index (χ0n) is 10.9. The molecule has 0 saturated heterocycles. The second-order valence-corrected chi connectivity index (χ2v) is 3.60. The van der Waals surface area contributed by atoms with Crippen LogP contribution in [-0.4, -0.2) is 18.2 Å². The molecule has 0 atom stereocenters. The third-order valence-corrected chi connectivity index (χ3v) is 2.27. The summed E-state index contributed by atoms with van der Waals surface area (Å²) in [6.07, 6.45) is 1.95. The summed E-state index contributed by atoms with van der Waals surface area (Å²) in [7, 11) is 0. The molecule has 4 nitrogen and oxygen atoms in total. The Morgan fingerprint density at radius 3 is 2.50 bits per heavy atom. The van der Waals surface area contributed by atoms with Gasteiger partial charge < -0.3 is 15.3 Å². The predicted octanol–water partition coefficient (Wildman–Crippen LogP) is -2.19. The zero-order valence-corrected chi connectivity index (χ0v) is 12.9. The van der Waals surface area contributed by atoms with Gasteiger partial charge in [-0.05, 0) is 25.0 Å². The summed E-state index contributed by atoms with van der Waals surface area (Å²) < 4.78 is 0. The molecule has 0 aliphatic carbocycles. The van der Waals surface area contributed by atoms with Crippen molar-refractivity contribution in [2.24, 2.45) is 5.10 Å². The minimum Gasteiger partial charge on any atom is -0.543 e. The van der Waals surface area contributed by atoms with E-state index in [4.69, 9.17) is 0 Å². The van der Waals surface area contributed by atoms with Gasteiger partial charge in [0, 0.05) is 0 Å². The first-order valence-corrected chi connectivity index (χ1v) is 5.32. The van der Waals surface area contributed by atoms with Crippen molar-refractivity contribution in [1.29, 1.82) is 0 Å². The molecule has 0 bridgehead atoms. The molecule has 1 aromatic carbocycles. The van der Waals surface area contributed by atoms with E-state index in [9.17, 15) is 9.90 Å². The average molecular weight is 254 g/mol. The number of hydrazone groups is 1. The van der Waals surface area contributed by atoms with Crippen molar-refractivity contribution in [3.05, 3.63) is 42.0 Å². The van der Waals surface area contributed by atoms with Crippen LogP contribution in [0.25, 0.3) is 5.57 Å². The number of hydrogen-bond donors (Lipinski definition) is 1. The number of nitrogens with one attached hydrogen (secondary N) is 1. The Kier molecular flexibility index (Phi) is 8.37. The second-order valence-electron chi connectivity index (χ2n) is 3.60. The molecule has 1 N–H and O–H groups in total. The van der Waals surface area contributed by atoms with Crippen LogP contribution in [0.1, 0.15) is 19.4 Å². The molecular weight excluding hydrogens is 239 g/mol. The largest absolute Gasteiger partial charge is 1.00 e. The van der Waals surface area contributed by atoms with Gasteiger partial charge in [-0.3, -0.25) is 0 Å². The van der Waals surface area contributed by atoms with Crippen LogP contribution in [0.5, 0.6) is 0 Å². The Morgan fingerprint density at radius 1 is 1.33 bits per heavy atom. The van der Waals surface area contributed by atoms with Gasteiger partial charge in [-0.2, -0.15) is 5.10 Å². The van der Waals surface area contributed by atoms with Gasteiger partial charge in [-0.15, -0.1) is 0 Å². The number of rotatable bonds is 5. The van der Waals surface area contributed by atoms with Gasteiger partial charge >= 0.3 is 29.6 Å². The van der Waals surface area contributed by atoms with Crippen LogP contribution in [0.2, 0.25) is 0 Å². The number of aliphatic carboxylic acids is 1. The molecule has 0 heterocycles. The molecule has 0 unspecified atom stereocenters. The van der Waals surface area contributed by atoms with Crippen molar-refractivity contribution < 1.29 is 39.5 Å². The summed E-state index contributed by atoms with van der Waals surface area (Å²) in [4.78, 5) is 10.4. The van der Waals surface area contributed by atoms with Crippen molar-refractivity contribution in [3.63, 3.8) is 0 Å². The number of allylic oxidation sites excluding steroid dienone is 1. The summed E-state index contributed by atoms with van der Waals surface area (Å²) in [5.41, 5.74) is 4.84. The van der Waals surface area contributed by atoms with Gasteiger partial charge in [0.25, 0.3) is 0 Å². The van der Waals surface area contributed by atoms with Crippen molar-refractivity contribution in [2.45, 2.75) is 13.8 Å². The van der Waals surface area contributed by atoms with E-state index in [2.05, 4.69) is 10.5 Å². The third kappa shape index (κ3) is 6.00. The normalized spacial score (nSPS) is 11.7. The van der Waals surface area contributed by atoms with Gasteiger partial charge in [0.2, 0.25) is 0 Å². The smallest absolute Gasteiger partial charge is 0.543 e. The SMILES string of the molecule is CC(=CCNN=C(C)C(=O)[O-])c1ccccc1.[Na+]. The third-order valence-electron chi connectivity index (χ3n) is 2.27. The Morgan fingerprint density at radius 2 is 1.94 bits per heavy atom. The quantitative estimate of drug-likeness (QED) is 0.281. The standard InChI is InChI=1S/C13H16N2O2.Na/c1-10(12-6-4-3-5-7-12)8-9-14-15-11(2)13(16)17;/h3-8,14H,9H2,1-2H3,(H,16,17);/q;+1/p-1. The van der Waals surface area contributed by atoms with E-state index in [1.807, 2.05) is 43.3 Å². The Hall–Kier alpha value is -1.10. The van der Waals surface area contributed by atoms with Crippen molar-refractivity contribution in [2.75, 3.05) is 6.54 Å². The van der Waals surface area contributed by atoms with Crippen LogP contribution in [0, 0.1) is 0 Å². The van der Waals surface area contributed by atoms with Crippen molar-refractivity contribution in [3.8, 4) is 0 Å². The molecular formula is C13H15N2NaO2. The monoisotopic (exact) mass is 254 g/mol. The molecule has 18 heavy (non-hydrogen) atoms. The van der Waals surface area contributed by atoms with E-state index in [0.717, 1.165) is 11.1 Å². The van der Waals surface area contributed by atoms with Crippen molar-refractivity contribution >= 4 is 17.3 Å². The first-order chi connectivity index (χ1) is 8.11. The minimum atomic E-state index is -1.26. The van der Waals surface area contributed by atoms with E-state index in [0.29, 0.717) is 6.54 Å². The first kappa shape index (κ1) is 16.9. The van der Waals surface area contributed by atoms with Gasteiger partial charge in [0.15, 0.2) is 0 Å². The maximum absolute atomic E-state index is 10.4. The summed E-state index contributed by atoms with van der Waals surface area (Å²) >= 11 is 0. The van der Waals surface area contributed by atoms with E-state index >= 15 is 0 Å². The second kappa shape index (κ2) is 8.91. The van der Waals surface area contributed by atoms with Gasteiger partial charge in [0.1, 0.15) is 0 Å². The fraction of sp³-hybridized carbons (Fsp3) is 0.231. The molecule has 1 rings (SSSR count). The minimum absolute atomic E-state index is 0. The molecule has 0 fully saturated rings. The topological polar surface area (TPSA) is 64.5 Å². The molecule has 1 aromatic rings. The Bertz CT molecular complexity index is 442. The fourth-order valence-corrected chi connectivity index (χ4v) is 1.23. The number of nitrogens with zero attached hydrogens (tertiary/aromatic N) is 1. The molecule has 0 saturated carbocycles. The van der Waals surface area contributed by atoms with E-state index in [-0.39, 0.29) is 35.3 Å². The molecule has 0 radical (unpaired) electrons. The Balaban J connectivity index is 0.00000289. The van der Waals surface area contributed by atoms with E-state index < -0.39 is 5.97 Å². The zero-order chi connectivity index (χ0) is 12.7. The van der Waals surface area contributed by atoms with Crippen LogP contribution in [-0.2, 0) is 4.79 Å². The van der Waals surface area contributed by atoms with Crippen LogP contribution < -0.4 is 40.1 Å². The van der Waals surface area contributed by atoms with Crippen LogP contribution in [0.4, 0.5) is 0 Å². The van der Waals surface area contributed by atoms with Crippen LogP contribution in [0.3, 0.4) is 0 Å². The fourth-order valence-electron chi connectivity index (χ4n) is 1.23. The molecule has 90 valence electrons. The average Bonchev–Trinajstić information content (AvgIpc) is 2.35. The number of carboxylic acids is 1. The summed E-state index contributed by atoms with van der Waals surface area (Å²) in [5.74, 6) is -1.26. The summed E-state index contributed by atoms with van der Waals surface area (Å²) in [6.45, 7) is 3.85. The maximum Gasteiger partial charge on any atom is 1.00 e. The number of carboxylic acid groups (broad SMARTS) is 1. The summed E-state index contributed by atoms with van der Waals surface area (Å²) in [5, 5.41) is 14.0. The summed E-state index contributed by atoms with van der Waals surface area (Å²) in [6, 6.07) is 9.93. The van der Waals surface area contributed by atoms with Gasteiger partial charge in [-0.25, -0.2) is 0 Å². The molecule has 0 spiro atoms. The van der Waals surface area contributed by atoms with Crippen LogP contribution >= 0.6 is 0 Å². The maximum atomic E-state index is 10.4. The molecule has 5 heteroatoms. The number of hydrogen-bond acceptors (Lipinski definition) is 4. The number of carbonyl (C=O) groups excluding carboxylic acids is 1. The Labute approximate surface area is 129 Å². The van der Waals surface area contributed by atoms with Crippen LogP contribution in [0.15, 0.2) is 41.5 Å². The molecule has 0 aliphatic heterocycles. The predicted molar refractivity (Wildman–Crippen MR) is 66.2 cm³/mol.